The van der Waals surface area contributed by atoms with E-state index >= 15 is 0 Å². The zero-order valence-electron chi connectivity index (χ0n) is 21.4. The highest BCUT2D eigenvalue weighted by Crippen LogP contribution is 2.38. The number of anilines is 1. The van der Waals surface area contributed by atoms with E-state index in [9.17, 15) is 14.4 Å². The van der Waals surface area contributed by atoms with Crippen LogP contribution in [-0.4, -0.2) is 41.7 Å². The normalized spacial score (nSPS) is 15.0. The number of aryl methyl sites for hydroxylation is 1. The molecule has 0 radical (unpaired) electrons. The number of carbonyl (C=O) groups is 3. The van der Waals surface area contributed by atoms with Crippen LogP contribution in [0.15, 0.2) is 85.1 Å². The van der Waals surface area contributed by atoms with Crippen molar-refractivity contribution in [3.63, 3.8) is 0 Å². The van der Waals surface area contributed by atoms with Crippen LogP contribution >= 0.6 is 0 Å². The fourth-order valence-corrected chi connectivity index (χ4v) is 7.66. The number of nitrogens with one attached hydrogen (secondary N) is 1. The van der Waals surface area contributed by atoms with E-state index in [0.29, 0.717) is 22.3 Å². The molecule has 0 bridgehead atoms. The first kappa shape index (κ1) is 24.6. The molecule has 1 N–H and O–H groups in total. The van der Waals surface area contributed by atoms with E-state index in [1.54, 1.807) is 36.5 Å². The van der Waals surface area contributed by atoms with Gasteiger partial charge in [0.1, 0.15) is 6.04 Å². The molecule has 1 aromatic heterocycles. The molecule has 0 saturated carbocycles. The summed E-state index contributed by atoms with van der Waals surface area (Å²) in [7, 11) is -2.19. The van der Waals surface area contributed by atoms with Crippen molar-refractivity contribution in [2.45, 2.75) is 38.1 Å². The number of aromatic nitrogens is 1. The molecule has 37 heavy (non-hydrogen) atoms. The van der Waals surface area contributed by atoms with Crippen LogP contribution in [0.4, 0.5) is 5.69 Å². The Morgan fingerprint density at radius 3 is 2.08 bits per heavy atom. The van der Waals surface area contributed by atoms with Crippen LogP contribution in [0.5, 0.6) is 0 Å². The van der Waals surface area contributed by atoms with Gasteiger partial charge in [-0.15, -0.1) is 0 Å². The minimum atomic E-state index is -2.19. The zero-order valence-corrected chi connectivity index (χ0v) is 22.4. The Bertz CT molecular complexity index is 1490. The first-order valence-corrected chi connectivity index (χ1v) is 15.9. The number of hydrogen-bond acceptors (Lipinski definition) is 4. The molecule has 3 amide bonds. The average Bonchev–Trinajstić information content (AvgIpc) is 3.12. The fourth-order valence-electron chi connectivity index (χ4n) is 5.22. The zero-order chi connectivity index (χ0) is 26.3. The number of para-hydroxylation sites is 1. The topological polar surface area (TPSA) is 79.4 Å². The smallest absolute Gasteiger partial charge is 0.262 e. The van der Waals surface area contributed by atoms with Crippen molar-refractivity contribution < 1.29 is 14.4 Å². The molecule has 1 aliphatic heterocycles. The molecule has 6 nitrogen and oxygen atoms in total. The summed E-state index contributed by atoms with van der Waals surface area (Å²) in [4.78, 5) is 47.2. The van der Waals surface area contributed by atoms with Gasteiger partial charge >= 0.3 is 0 Å². The lowest BCUT2D eigenvalue weighted by molar-refractivity contribution is -0.120. The molecule has 3 aromatic carbocycles. The summed E-state index contributed by atoms with van der Waals surface area (Å²) in [5.41, 5.74) is 3.56. The van der Waals surface area contributed by atoms with Crippen LogP contribution in [0.25, 0.3) is 10.9 Å². The van der Waals surface area contributed by atoms with Crippen molar-refractivity contribution in [1.82, 2.24) is 9.88 Å². The fraction of sp³-hybridized carbons (Fsp3) is 0.200. The largest absolute Gasteiger partial charge is 0.322 e. The quantitative estimate of drug-likeness (QED) is 0.264. The SMILES string of the molecule is Cc1ccc(C(C(C(=O)Nc2cccc3cccnc23)N2C(=O)c3ccccc3C2=O)[Si](C)(C)C)cc1. The maximum absolute atomic E-state index is 14.3. The van der Waals surface area contributed by atoms with Gasteiger partial charge in [-0.25, -0.2) is 0 Å². The number of nitrogens with zero attached hydrogens (tertiary/aromatic N) is 2. The van der Waals surface area contributed by atoms with E-state index in [0.717, 1.165) is 16.5 Å². The van der Waals surface area contributed by atoms with Crippen LogP contribution in [0.1, 0.15) is 37.4 Å². The Kier molecular flexibility index (Phi) is 6.25. The van der Waals surface area contributed by atoms with Gasteiger partial charge in [-0.3, -0.25) is 24.3 Å². The Balaban J connectivity index is 1.65. The van der Waals surface area contributed by atoms with Crippen LogP contribution < -0.4 is 5.32 Å². The number of carbonyl (C=O) groups excluding carboxylic acids is 3. The minimum absolute atomic E-state index is 0.329. The molecule has 2 unspecified atom stereocenters. The van der Waals surface area contributed by atoms with Crippen molar-refractivity contribution in [3.05, 3.63) is 107 Å². The minimum Gasteiger partial charge on any atom is -0.322 e. The molecule has 2 heterocycles. The van der Waals surface area contributed by atoms with Crippen molar-refractivity contribution >= 4 is 42.4 Å². The predicted octanol–water partition coefficient (Wildman–Crippen LogP) is 5.81. The third kappa shape index (κ3) is 4.47. The highest BCUT2D eigenvalue weighted by atomic mass is 28.3. The van der Waals surface area contributed by atoms with Gasteiger partial charge in [-0.1, -0.05) is 79.8 Å². The van der Waals surface area contributed by atoms with Gasteiger partial charge < -0.3 is 5.32 Å². The Hall–Kier alpha value is -4.10. The number of benzene rings is 3. The number of fused-ring (bicyclic) bond motifs is 2. The summed E-state index contributed by atoms with van der Waals surface area (Å²) in [6, 6.07) is 23.1. The molecular formula is C30H29N3O3Si. The van der Waals surface area contributed by atoms with Crippen molar-refractivity contribution in [1.29, 1.82) is 0 Å². The Morgan fingerprint density at radius 2 is 1.46 bits per heavy atom. The number of imide groups is 1. The second-order valence-corrected chi connectivity index (χ2v) is 15.9. The number of pyridine rings is 1. The molecule has 186 valence electrons. The Labute approximate surface area is 217 Å². The van der Waals surface area contributed by atoms with E-state index in [1.807, 2.05) is 55.5 Å². The molecular weight excluding hydrogens is 478 g/mol. The summed E-state index contributed by atoms with van der Waals surface area (Å²) in [6.45, 7) is 8.50. The summed E-state index contributed by atoms with van der Waals surface area (Å²) in [6.07, 6.45) is 1.68. The molecule has 7 heteroatoms. The summed E-state index contributed by atoms with van der Waals surface area (Å²) in [5.74, 6) is -1.28. The summed E-state index contributed by atoms with van der Waals surface area (Å²) < 4.78 is 0. The summed E-state index contributed by atoms with van der Waals surface area (Å²) >= 11 is 0. The third-order valence-corrected chi connectivity index (χ3v) is 9.46. The number of hydrogen-bond donors (Lipinski definition) is 1. The molecule has 2 atom stereocenters. The molecule has 4 aromatic rings. The third-order valence-electron chi connectivity index (χ3n) is 6.95. The van der Waals surface area contributed by atoms with Gasteiger partial charge in [0.15, 0.2) is 0 Å². The first-order valence-electron chi connectivity index (χ1n) is 12.3. The van der Waals surface area contributed by atoms with Crippen LogP contribution in [0.2, 0.25) is 19.6 Å². The van der Waals surface area contributed by atoms with E-state index in [1.165, 1.54) is 4.90 Å². The Morgan fingerprint density at radius 1 is 0.838 bits per heavy atom. The lowest BCUT2D eigenvalue weighted by Gasteiger charge is -2.39. The highest BCUT2D eigenvalue weighted by molar-refractivity contribution is 6.78. The first-order chi connectivity index (χ1) is 17.7. The second kappa shape index (κ2) is 9.41. The molecule has 0 spiro atoms. The highest BCUT2D eigenvalue weighted by Gasteiger charge is 2.49. The van der Waals surface area contributed by atoms with Crippen molar-refractivity contribution in [3.8, 4) is 0 Å². The van der Waals surface area contributed by atoms with Gasteiger partial charge in [-0.2, -0.15) is 0 Å². The maximum atomic E-state index is 14.3. The van der Waals surface area contributed by atoms with Crippen molar-refractivity contribution in [2.75, 3.05) is 5.32 Å². The van der Waals surface area contributed by atoms with Crippen molar-refractivity contribution in [2.24, 2.45) is 0 Å². The lowest BCUT2D eigenvalue weighted by atomic mass is 10.0. The molecule has 0 aliphatic carbocycles. The average molecular weight is 508 g/mol. The van der Waals surface area contributed by atoms with Gasteiger partial charge in [0.2, 0.25) is 5.91 Å². The van der Waals surface area contributed by atoms with Gasteiger partial charge in [0.25, 0.3) is 11.8 Å². The van der Waals surface area contributed by atoms with Crippen LogP contribution in [0.3, 0.4) is 0 Å². The predicted molar refractivity (Wildman–Crippen MR) is 148 cm³/mol. The number of amides is 3. The lowest BCUT2D eigenvalue weighted by Crippen LogP contribution is -2.56. The van der Waals surface area contributed by atoms with E-state index in [4.69, 9.17) is 0 Å². The van der Waals surface area contributed by atoms with Crippen LogP contribution in [-0.2, 0) is 4.79 Å². The monoisotopic (exact) mass is 507 g/mol. The summed E-state index contributed by atoms with van der Waals surface area (Å²) in [5, 5.41) is 3.93. The van der Waals surface area contributed by atoms with E-state index in [-0.39, 0.29) is 5.54 Å². The standard InChI is InChI=1S/C30H29N3O3Si/c1-19-14-16-21(17-15-19)27(37(2,3)4)26(33-29(35)22-11-5-6-12-23(22)30(33)36)28(34)32-24-13-7-9-20-10-8-18-31-25(20)24/h5-18,26-27H,1-4H3,(H,32,34). The molecule has 0 saturated heterocycles. The van der Waals surface area contributed by atoms with Gasteiger partial charge in [0.05, 0.1) is 30.4 Å². The maximum Gasteiger partial charge on any atom is 0.262 e. The van der Waals surface area contributed by atoms with Gasteiger partial charge in [-0.05, 0) is 36.8 Å². The van der Waals surface area contributed by atoms with E-state index < -0.39 is 31.8 Å². The molecule has 1 aliphatic rings. The molecule has 0 fully saturated rings. The van der Waals surface area contributed by atoms with Gasteiger partial charge in [0, 0.05) is 17.1 Å². The van der Waals surface area contributed by atoms with Crippen LogP contribution in [0, 0.1) is 6.92 Å². The van der Waals surface area contributed by atoms with E-state index in [2.05, 4.69) is 29.9 Å². The molecule has 5 rings (SSSR count). The number of rotatable bonds is 6. The second-order valence-electron chi connectivity index (χ2n) is 10.6.